The number of hydrogen-bond donors (Lipinski definition) is 1. The minimum atomic E-state index is 0.145. The van der Waals surface area contributed by atoms with E-state index in [0.29, 0.717) is 23.4 Å². The maximum atomic E-state index is 10.0. The lowest BCUT2D eigenvalue weighted by Crippen LogP contribution is -2.39. The number of hydrogen-bond acceptors (Lipinski definition) is 4. The van der Waals surface area contributed by atoms with E-state index in [1.807, 2.05) is 12.1 Å². The third-order valence-electron chi connectivity index (χ3n) is 3.73. The van der Waals surface area contributed by atoms with E-state index in [1.165, 1.54) is 19.3 Å². The Bertz CT molecular complexity index is 449. The number of rotatable bonds is 3. The second-order valence-electron chi connectivity index (χ2n) is 5.15. The van der Waals surface area contributed by atoms with Gasteiger partial charge in [-0.2, -0.15) is 5.10 Å². The number of phenolic OH excluding ortho intramolecular Hbond substituents is 1. The molecule has 4 nitrogen and oxygen atoms in total. The van der Waals surface area contributed by atoms with Gasteiger partial charge in [0.1, 0.15) is 0 Å². The number of piperidine rings is 1. The van der Waals surface area contributed by atoms with Gasteiger partial charge in [0.2, 0.25) is 0 Å². The summed E-state index contributed by atoms with van der Waals surface area (Å²) < 4.78 is 5.09. The highest BCUT2D eigenvalue weighted by Crippen LogP contribution is 2.28. The van der Waals surface area contributed by atoms with Crippen LogP contribution in [0, 0.1) is 0 Å². The van der Waals surface area contributed by atoms with Crippen LogP contribution in [0.1, 0.15) is 38.7 Å². The molecule has 1 saturated heterocycles. The van der Waals surface area contributed by atoms with Crippen LogP contribution in [-0.4, -0.2) is 35.5 Å². The molecule has 2 rings (SSSR count). The van der Waals surface area contributed by atoms with E-state index in [4.69, 9.17) is 4.74 Å². The minimum absolute atomic E-state index is 0.145. The lowest BCUT2D eigenvalue weighted by Gasteiger charge is -2.36. The van der Waals surface area contributed by atoms with Gasteiger partial charge in [0.15, 0.2) is 11.5 Å². The number of aromatic hydroxyl groups is 1. The summed E-state index contributed by atoms with van der Waals surface area (Å²) in [6.07, 6.45) is 5.33. The molecule has 0 aliphatic carbocycles. The molecule has 1 aliphatic heterocycles. The Labute approximate surface area is 114 Å². The van der Waals surface area contributed by atoms with E-state index in [0.717, 1.165) is 0 Å². The van der Waals surface area contributed by atoms with E-state index in [9.17, 15) is 5.11 Å². The molecular weight excluding hydrogens is 240 g/mol. The van der Waals surface area contributed by atoms with Crippen molar-refractivity contribution in [2.45, 2.75) is 45.2 Å². The summed E-state index contributed by atoms with van der Waals surface area (Å²) in [4.78, 5) is 0. The van der Waals surface area contributed by atoms with Crippen molar-refractivity contribution in [3.05, 3.63) is 23.8 Å². The van der Waals surface area contributed by atoms with Crippen molar-refractivity contribution >= 4 is 6.21 Å². The number of para-hydroxylation sites is 1. The van der Waals surface area contributed by atoms with E-state index >= 15 is 0 Å². The zero-order valence-corrected chi connectivity index (χ0v) is 11.8. The zero-order valence-electron chi connectivity index (χ0n) is 11.8. The van der Waals surface area contributed by atoms with Crippen LogP contribution in [0.25, 0.3) is 0 Å². The van der Waals surface area contributed by atoms with Crippen LogP contribution >= 0.6 is 0 Å². The summed E-state index contributed by atoms with van der Waals surface area (Å²) in [6.45, 7) is 4.39. The Morgan fingerprint density at radius 1 is 1.32 bits per heavy atom. The molecular formula is C15H22N2O2. The third kappa shape index (κ3) is 3.00. The number of methoxy groups -OCH3 is 1. The molecule has 1 aromatic carbocycles. The highest BCUT2D eigenvalue weighted by Gasteiger charge is 2.22. The Kier molecular flexibility index (Phi) is 4.30. The van der Waals surface area contributed by atoms with E-state index in [-0.39, 0.29) is 5.75 Å². The van der Waals surface area contributed by atoms with Gasteiger partial charge in [0.25, 0.3) is 0 Å². The first kappa shape index (κ1) is 13.7. The van der Waals surface area contributed by atoms with Gasteiger partial charge in [-0.1, -0.05) is 6.07 Å². The highest BCUT2D eigenvalue weighted by molar-refractivity contribution is 5.84. The molecule has 0 aromatic heterocycles. The maximum Gasteiger partial charge on any atom is 0.166 e. The van der Waals surface area contributed by atoms with Crippen molar-refractivity contribution in [1.82, 2.24) is 5.01 Å². The van der Waals surface area contributed by atoms with Gasteiger partial charge >= 0.3 is 0 Å². The predicted octanol–water partition coefficient (Wildman–Crippen LogP) is 3.00. The molecule has 0 saturated carbocycles. The molecule has 1 aliphatic rings. The first-order valence-corrected chi connectivity index (χ1v) is 6.81. The molecule has 4 heteroatoms. The number of ether oxygens (including phenoxy) is 1. The molecule has 0 unspecified atom stereocenters. The average molecular weight is 262 g/mol. The van der Waals surface area contributed by atoms with Crippen molar-refractivity contribution in [3.63, 3.8) is 0 Å². The summed E-state index contributed by atoms with van der Waals surface area (Å²) in [5, 5.41) is 16.7. The Balaban J connectivity index is 2.18. The highest BCUT2D eigenvalue weighted by atomic mass is 16.5. The molecule has 1 fully saturated rings. The summed E-state index contributed by atoms with van der Waals surface area (Å²) in [6, 6.07) is 6.32. The van der Waals surface area contributed by atoms with Crippen LogP contribution in [0.15, 0.2) is 23.3 Å². The van der Waals surface area contributed by atoms with E-state index < -0.39 is 0 Å². The van der Waals surface area contributed by atoms with Gasteiger partial charge in [0, 0.05) is 17.6 Å². The van der Waals surface area contributed by atoms with Crippen molar-refractivity contribution in [2.75, 3.05) is 7.11 Å². The second-order valence-corrected chi connectivity index (χ2v) is 5.15. The van der Waals surface area contributed by atoms with Crippen molar-refractivity contribution in [2.24, 2.45) is 5.10 Å². The first-order valence-electron chi connectivity index (χ1n) is 6.81. The lowest BCUT2D eigenvalue weighted by atomic mass is 10.00. The Hall–Kier alpha value is -1.71. The van der Waals surface area contributed by atoms with E-state index in [2.05, 4.69) is 24.0 Å². The first-order chi connectivity index (χ1) is 9.13. The molecule has 1 aromatic rings. The van der Waals surface area contributed by atoms with Crippen molar-refractivity contribution in [3.8, 4) is 11.5 Å². The topological polar surface area (TPSA) is 45.1 Å². The summed E-state index contributed by atoms with van der Waals surface area (Å²) >= 11 is 0. The minimum Gasteiger partial charge on any atom is -0.504 e. The molecule has 0 bridgehead atoms. The number of nitrogens with zero attached hydrogens (tertiary/aromatic N) is 2. The lowest BCUT2D eigenvalue weighted by molar-refractivity contribution is 0.109. The fraction of sp³-hybridized carbons (Fsp3) is 0.533. The molecule has 0 amide bonds. The van der Waals surface area contributed by atoms with Crippen molar-refractivity contribution in [1.29, 1.82) is 0 Å². The van der Waals surface area contributed by atoms with Crippen LogP contribution in [0.4, 0.5) is 0 Å². The Morgan fingerprint density at radius 2 is 2.00 bits per heavy atom. The Morgan fingerprint density at radius 3 is 2.63 bits per heavy atom. The van der Waals surface area contributed by atoms with E-state index in [1.54, 1.807) is 19.4 Å². The maximum absolute atomic E-state index is 10.0. The normalized spacial score (nSPS) is 23.8. The smallest absolute Gasteiger partial charge is 0.166 e. The summed E-state index contributed by atoms with van der Waals surface area (Å²) in [5.41, 5.74) is 0.685. The molecule has 1 heterocycles. The standard InChI is InChI=1S/C15H22N2O2/c1-11-6-4-7-12(2)17(11)16-10-13-8-5-9-14(19-3)15(13)18/h5,8-12,18H,4,6-7H2,1-3H3/b16-10+/t11-,12+. The number of hydrazone groups is 1. The molecule has 0 spiro atoms. The molecule has 19 heavy (non-hydrogen) atoms. The third-order valence-corrected chi connectivity index (χ3v) is 3.73. The van der Waals surface area contributed by atoms with Crippen LogP contribution < -0.4 is 4.74 Å². The largest absolute Gasteiger partial charge is 0.504 e. The fourth-order valence-electron chi connectivity index (χ4n) is 2.57. The van der Waals surface area contributed by atoms with Crippen molar-refractivity contribution < 1.29 is 9.84 Å². The molecule has 1 N–H and O–H groups in total. The van der Waals surface area contributed by atoms with Crippen LogP contribution in [0.3, 0.4) is 0 Å². The zero-order chi connectivity index (χ0) is 13.8. The van der Waals surface area contributed by atoms with Gasteiger partial charge in [-0.3, -0.25) is 5.01 Å². The molecule has 0 radical (unpaired) electrons. The quantitative estimate of drug-likeness (QED) is 0.852. The summed E-state index contributed by atoms with van der Waals surface area (Å²) in [5.74, 6) is 0.620. The second kappa shape index (κ2) is 5.95. The SMILES string of the molecule is COc1cccc(/C=N/N2[C@H](C)CCC[C@@H]2C)c1O. The fourth-order valence-corrected chi connectivity index (χ4v) is 2.57. The predicted molar refractivity (Wildman–Crippen MR) is 76.9 cm³/mol. The van der Waals surface area contributed by atoms with Gasteiger partial charge in [-0.05, 0) is 45.2 Å². The van der Waals surface area contributed by atoms with Gasteiger partial charge in [-0.25, -0.2) is 0 Å². The molecule has 2 atom stereocenters. The van der Waals surface area contributed by atoms with Gasteiger partial charge in [0.05, 0.1) is 13.3 Å². The average Bonchev–Trinajstić information content (AvgIpc) is 2.40. The molecule has 104 valence electrons. The summed E-state index contributed by atoms with van der Waals surface area (Å²) in [7, 11) is 1.55. The number of benzene rings is 1. The van der Waals surface area contributed by atoms with Crippen LogP contribution in [0.2, 0.25) is 0 Å². The van der Waals surface area contributed by atoms with Crippen LogP contribution in [0.5, 0.6) is 11.5 Å². The number of phenols is 1. The van der Waals surface area contributed by atoms with Crippen LogP contribution in [-0.2, 0) is 0 Å². The van der Waals surface area contributed by atoms with Gasteiger partial charge < -0.3 is 9.84 Å². The van der Waals surface area contributed by atoms with Gasteiger partial charge in [-0.15, -0.1) is 0 Å². The monoisotopic (exact) mass is 262 g/mol.